The Labute approximate surface area is 187 Å². The topological polar surface area (TPSA) is 218 Å². The molecule has 1 aromatic heterocycles. The molecular weight excluding hydrogens is 434 g/mol. The van der Waals surface area contributed by atoms with Gasteiger partial charge in [0.2, 0.25) is 5.95 Å². The minimum absolute atomic E-state index is 0.0100. The summed E-state index contributed by atoms with van der Waals surface area (Å²) in [5.74, 6) is -3.41. The van der Waals surface area contributed by atoms with Crippen molar-refractivity contribution in [1.82, 2.24) is 15.3 Å². The van der Waals surface area contributed by atoms with Gasteiger partial charge in [0.1, 0.15) is 0 Å². The van der Waals surface area contributed by atoms with Crippen LogP contribution in [0.4, 0.5) is 23.1 Å². The van der Waals surface area contributed by atoms with Gasteiger partial charge in [0.15, 0.2) is 11.5 Å². The zero-order valence-corrected chi connectivity index (χ0v) is 17.5. The number of aliphatic carboxylic acids is 2. The van der Waals surface area contributed by atoms with Crippen LogP contribution in [0.1, 0.15) is 30.1 Å². The Morgan fingerprint density at radius 2 is 1.91 bits per heavy atom. The molecule has 0 radical (unpaired) electrons. The summed E-state index contributed by atoms with van der Waals surface area (Å²) in [6.07, 6.45) is -0.878. The van der Waals surface area contributed by atoms with E-state index in [1.165, 1.54) is 12.1 Å². The van der Waals surface area contributed by atoms with E-state index in [2.05, 4.69) is 30.9 Å². The van der Waals surface area contributed by atoms with Crippen LogP contribution >= 0.6 is 0 Å². The SMILES string of the molecule is CC1Nc2nc(N)[nH]c(=O)c2N=C1CNc1ccc(C(=O)N[C@@H](CCC(=O)[O-])C(=O)[O-])cc1. The second-order valence-corrected chi connectivity index (χ2v) is 7.30. The van der Waals surface area contributed by atoms with E-state index >= 15 is 0 Å². The molecule has 1 aromatic carbocycles. The minimum atomic E-state index is -1.59. The number of benzene rings is 1. The van der Waals surface area contributed by atoms with Gasteiger partial charge >= 0.3 is 0 Å². The maximum atomic E-state index is 12.3. The number of rotatable bonds is 9. The van der Waals surface area contributed by atoms with Gasteiger partial charge in [-0.2, -0.15) is 4.98 Å². The highest BCUT2D eigenvalue weighted by Crippen LogP contribution is 2.24. The number of hydrogen-bond acceptors (Lipinski definition) is 11. The monoisotopic (exact) mass is 455 g/mol. The molecule has 0 saturated heterocycles. The van der Waals surface area contributed by atoms with E-state index in [1.54, 1.807) is 12.1 Å². The standard InChI is InChI=1S/C20H23N7O6/c1-9-13(24-15-16(23-9)26-20(21)27-18(15)31)8-22-11-4-2-10(3-5-11)17(30)25-12(19(32)33)6-7-14(28)29/h2-5,9,12,22H,6-8H2,1H3,(H,25,30)(H,28,29)(H,32,33)(H4,21,23,26,27,31)/p-2/t9?,12-/m0/s1. The highest BCUT2D eigenvalue weighted by Gasteiger charge is 2.22. The molecule has 2 heterocycles. The molecule has 2 aromatic rings. The van der Waals surface area contributed by atoms with E-state index in [9.17, 15) is 29.4 Å². The first kappa shape index (κ1) is 23.2. The number of nitrogens with one attached hydrogen (secondary N) is 4. The number of nitrogens with two attached hydrogens (primary N) is 1. The lowest BCUT2D eigenvalue weighted by atomic mass is 10.1. The summed E-state index contributed by atoms with van der Waals surface area (Å²) in [6, 6.07) is 4.48. The summed E-state index contributed by atoms with van der Waals surface area (Å²) in [4.78, 5) is 56.7. The number of carboxylic acid groups (broad SMARTS) is 2. The van der Waals surface area contributed by atoms with Crippen LogP contribution in [0.2, 0.25) is 0 Å². The lowest BCUT2D eigenvalue weighted by Crippen LogP contribution is -2.48. The summed E-state index contributed by atoms with van der Waals surface area (Å²) in [5.41, 5.74) is 6.68. The van der Waals surface area contributed by atoms with Gasteiger partial charge in [-0.3, -0.25) is 14.6 Å². The molecule has 6 N–H and O–H groups in total. The second-order valence-electron chi connectivity index (χ2n) is 7.30. The summed E-state index contributed by atoms with van der Waals surface area (Å²) in [6.45, 7) is 2.14. The third-order valence-corrected chi connectivity index (χ3v) is 4.87. The third kappa shape index (κ3) is 5.84. The first-order chi connectivity index (χ1) is 15.6. The smallest absolute Gasteiger partial charge is 0.280 e. The van der Waals surface area contributed by atoms with Crippen LogP contribution < -0.4 is 37.5 Å². The van der Waals surface area contributed by atoms with Crippen LogP contribution in [0.5, 0.6) is 0 Å². The fourth-order valence-corrected chi connectivity index (χ4v) is 3.09. The van der Waals surface area contributed by atoms with Gasteiger partial charge in [-0.05, 0) is 44.0 Å². The van der Waals surface area contributed by atoms with Crippen molar-refractivity contribution in [1.29, 1.82) is 0 Å². The van der Waals surface area contributed by atoms with Crippen LogP contribution in [-0.2, 0) is 9.59 Å². The summed E-state index contributed by atoms with van der Waals surface area (Å²) in [5, 5.41) is 30.1. The Hall–Kier alpha value is -4.42. The molecule has 0 fully saturated rings. The van der Waals surface area contributed by atoms with Crippen molar-refractivity contribution in [3.63, 3.8) is 0 Å². The molecule has 0 spiro atoms. The molecule has 3 rings (SSSR count). The zero-order valence-electron chi connectivity index (χ0n) is 17.5. The highest BCUT2D eigenvalue weighted by molar-refractivity contribution is 6.00. The number of aliphatic imine (C=N–C) groups is 1. The number of amides is 1. The van der Waals surface area contributed by atoms with Crippen molar-refractivity contribution >= 4 is 46.7 Å². The van der Waals surface area contributed by atoms with Gasteiger partial charge in [-0.15, -0.1) is 0 Å². The average molecular weight is 455 g/mol. The second kappa shape index (κ2) is 9.80. The molecule has 1 aliphatic rings. The molecule has 1 aliphatic heterocycles. The van der Waals surface area contributed by atoms with E-state index in [4.69, 9.17) is 5.73 Å². The van der Waals surface area contributed by atoms with Crippen molar-refractivity contribution in [2.24, 2.45) is 4.99 Å². The normalized spacial score (nSPS) is 15.4. The van der Waals surface area contributed by atoms with Gasteiger partial charge in [0.25, 0.3) is 11.5 Å². The van der Waals surface area contributed by atoms with Gasteiger partial charge in [-0.1, -0.05) is 0 Å². The highest BCUT2D eigenvalue weighted by atomic mass is 16.4. The fourth-order valence-electron chi connectivity index (χ4n) is 3.09. The van der Waals surface area contributed by atoms with Crippen LogP contribution in [0.3, 0.4) is 0 Å². The number of aromatic amines is 1. The molecule has 1 amide bonds. The molecule has 33 heavy (non-hydrogen) atoms. The maximum Gasteiger partial charge on any atom is 0.280 e. The Balaban J connectivity index is 1.63. The van der Waals surface area contributed by atoms with Crippen molar-refractivity contribution in [3.05, 3.63) is 40.2 Å². The predicted molar refractivity (Wildman–Crippen MR) is 115 cm³/mol. The van der Waals surface area contributed by atoms with Gasteiger partial charge in [-0.25, -0.2) is 4.99 Å². The quantitative estimate of drug-likeness (QED) is 0.273. The van der Waals surface area contributed by atoms with Gasteiger partial charge < -0.3 is 41.5 Å². The molecule has 2 atom stereocenters. The molecule has 174 valence electrons. The Morgan fingerprint density at radius 3 is 2.55 bits per heavy atom. The maximum absolute atomic E-state index is 12.3. The Bertz CT molecular complexity index is 1160. The largest absolute Gasteiger partial charge is 0.550 e. The molecule has 1 unspecified atom stereocenters. The van der Waals surface area contributed by atoms with E-state index in [0.717, 1.165) is 0 Å². The minimum Gasteiger partial charge on any atom is -0.550 e. The number of aromatic nitrogens is 2. The first-order valence-electron chi connectivity index (χ1n) is 9.93. The van der Waals surface area contributed by atoms with Crippen molar-refractivity contribution in [2.45, 2.75) is 31.8 Å². The number of carbonyl (C=O) groups is 3. The summed E-state index contributed by atoms with van der Waals surface area (Å²) < 4.78 is 0. The number of H-pyrrole nitrogens is 1. The van der Waals surface area contributed by atoms with Crippen LogP contribution in [0, 0.1) is 0 Å². The predicted octanol–water partition coefficient (Wildman–Crippen LogP) is -2.27. The van der Waals surface area contributed by atoms with Crippen molar-refractivity contribution in [2.75, 3.05) is 22.9 Å². The summed E-state index contributed by atoms with van der Waals surface area (Å²) >= 11 is 0. The Morgan fingerprint density at radius 1 is 1.21 bits per heavy atom. The number of hydrogen-bond donors (Lipinski definition) is 5. The lowest BCUT2D eigenvalue weighted by Gasteiger charge is -2.23. The summed E-state index contributed by atoms with van der Waals surface area (Å²) in [7, 11) is 0. The molecule has 13 heteroatoms. The van der Waals surface area contributed by atoms with E-state index in [-0.39, 0.29) is 29.7 Å². The van der Waals surface area contributed by atoms with Gasteiger partial charge in [0, 0.05) is 17.2 Å². The number of carbonyl (C=O) groups excluding carboxylic acids is 3. The van der Waals surface area contributed by atoms with Crippen molar-refractivity contribution in [3.8, 4) is 0 Å². The van der Waals surface area contributed by atoms with Crippen LogP contribution in [-0.4, -0.2) is 52.2 Å². The third-order valence-electron chi connectivity index (χ3n) is 4.87. The van der Waals surface area contributed by atoms with Crippen molar-refractivity contribution < 1.29 is 24.6 Å². The van der Waals surface area contributed by atoms with E-state index < -0.39 is 35.9 Å². The molecule has 13 nitrogen and oxygen atoms in total. The number of carboxylic acids is 2. The molecular formula is C20H21N7O6-2. The zero-order chi connectivity index (χ0) is 24.1. The Kier molecular flexibility index (Phi) is 6.91. The van der Waals surface area contributed by atoms with Crippen LogP contribution in [0.15, 0.2) is 34.1 Å². The molecule has 0 bridgehead atoms. The number of fused-ring (bicyclic) bond motifs is 1. The lowest BCUT2D eigenvalue weighted by molar-refractivity contribution is -0.309. The molecule has 0 aliphatic carbocycles. The molecule has 0 saturated carbocycles. The first-order valence-corrected chi connectivity index (χ1v) is 9.93. The van der Waals surface area contributed by atoms with E-state index in [0.29, 0.717) is 23.8 Å². The van der Waals surface area contributed by atoms with E-state index in [1.807, 2.05) is 6.92 Å². The number of anilines is 3. The fraction of sp³-hybridized carbons (Fsp3) is 0.300. The average Bonchev–Trinajstić information content (AvgIpc) is 2.75. The number of nitrogens with zero attached hydrogens (tertiary/aromatic N) is 2. The van der Waals surface area contributed by atoms with Gasteiger partial charge in [0.05, 0.1) is 30.3 Å². The van der Waals surface area contributed by atoms with Crippen LogP contribution in [0.25, 0.3) is 0 Å². The number of nitrogen functional groups attached to an aromatic ring is 1.